The summed E-state index contributed by atoms with van der Waals surface area (Å²) < 4.78 is 25.9. The summed E-state index contributed by atoms with van der Waals surface area (Å²) in [4.78, 5) is 0. The Morgan fingerprint density at radius 2 is 2.07 bits per heavy atom. The number of aryl methyl sites for hydroxylation is 1. The first-order chi connectivity index (χ1) is 6.54. The normalized spacial score (nSPS) is 11.7. The largest absolute Gasteiger partial charge is 0.330 e. The Morgan fingerprint density at radius 1 is 1.36 bits per heavy atom. The second-order valence-electron chi connectivity index (χ2n) is 3.48. The fraction of sp³-hybridized carbons (Fsp3) is 0.455. The molecule has 1 aromatic carbocycles. The van der Waals surface area contributed by atoms with Crippen LogP contribution in [0.4, 0.5) is 8.78 Å². The van der Waals surface area contributed by atoms with Crippen LogP contribution in [0.15, 0.2) is 24.3 Å². The third kappa shape index (κ3) is 3.07. The molecule has 0 aliphatic heterocycles. The molecule has 1 nitrogen and oxygen atoms in total. The van der Waals surface area contributed by atoms with Crippen LogP contribution in [0.1, 0.15) is 24.5 Å². The van der Waals surface area contributed by atoms with Crippen molar-refractivity contribution in [3.8, 4) is 0 Å². The van der Waals surface area contributed by atoms with E-state index in [0.29, 0.717) is 6.54 Å². The van der Waals surface area contributed by atoms with Gasteiger partial charge in [0.15, 0.2) is 0 Å². The molecule has 78 valence electrons. The number of nitrogens with two attached hydrogens (primary N) is 1. The van der Waals surface area contributed by atoms with Gasteiger partial charge >= 0.3 is 0 Å². The SMILES string of the molecule is CC(F)(F)c1cccc(CCCN)c1. The molecule has 1 aromatic rings. The Hall–Kier alpha value is -0.960. The molecule has 0 aromatic heterocycles. The van der Waals surface area contributed by atoms with E-state index in [1.165, 1.54) is 6.07 Å². The second-order valence-corrected chi connectivity index (χ2v) is 3.48. The molecule has 0 amide bonds. The van der Waals surface area contributed by atoms with Gasteiger partial charge in [-0.05, 0) is 31.0 Å². The van der Waals surface area contributed by atoms with Gasteiger partial charge in [0.25, 0.3) is 5.92 Å². The van der Waals surface area contributed by atoms with Crippen molar-refractivity contribution in [1.82, 2.24) is 0 Å². The predicted molar refractivity (Wildman–Crippen MR) is 53.4 cm³/mol. The third-order valence-electron chi connectivity index (χ3n) is 2.10. The van der Waals surface area contributed by atoms with Crippen molar-refractivity contribution in [3.63, 3.8) is 0 Å². The van der Waals surface area contributed by atoms with Crippen molar-refractivity contribution in [2.45, 2.75) is 25.7 Å². The molecule has 0 fully saturated rings. The molecule has 0 radical (unpaired) electrons. The summed E-state index contributed by atoms with van der Waals surface area (Å²) in [7, 11) is 0. The van der Waals surface area contributed by atoms with Crippen LogP contribution in [-0.4, -0.2) is 6.54 Å². The van der Waals surface area contributed by atoms with E-state index in [4.69, 9.17) is 5.73 Å². The quantitative estimate of drug-likeness (QED) is 0.792. The van der Waals surface area contributed by atoms with E-state index in [2.05, 4.69) is 0 Å². The molecule has 1 rings (SSSR count). The van der Waals surface area contributed by atoms with Crippen molar-refractivity contribution in [2.24, 2.45) is 5.73 Å². The van der Waals surface area contributed by atoms with Gasteiger partial charge < -0.3 is 5.73 Å². The molecule has 0 saturated carbocycles. The standard InChI is InChI=1S/C11H15F2N/c1-11(12,13)10-6-2-4-9(8-10)5-3-7-14/h2,4,6,8H,3,5,7,14H2,1H3. The number of halogens is 2. The molecule has 0 spiro atoms. The number of rotatable bonds is 4. The lowest BCUT2D eigenvalue weighted by Gasteiger charge is -2.11. The van der Waals surface area contributed by atoms with E-state index in [9.17, 15) is 8.78 Å². The van der Waals surface area contributed by atoms with Gasteiger partial charge in [0.1, 0.15) is 0 Å². The molecular formula is C11H15F2N. The summed E-state index contributed by atoms with van der Waals surface area (Å²) in [5.74, 6) is -2.75. The lowest BCUT2D eigenvalue weighted by atomic mass is 10.0. The Balaban J connectivity index is 2.79. The van der Waals surface area contributed by atoms with Gasteiger partial charge in [-0.1, -0.05) is 18.2 Å². The molecule has 0 atom stereocenters. The van der Waals surface area contributed by atoms with Gasteiger partial charge in [-0.2, -0.15) is 0 Å². The highest BCUT2D eigenvalue weighted by Gasteiger charge is 2.23. The van der Waals surface area contributed by atoms with Crippen LogP contribution < -0.4 is 5.73 Å². The molecule has 0 unspecified atom stereocenters. The zero-order valence-electron chi connectivity index (χ0n) is 8.26. The van der Waals surface area contributed by atoms with E-state index >= 15 is 0 Å². The topological polar surface area (TPSA) is 26.0 Å². The van der Waals surface area contributed by atoms with Gasteiger partial charge in [-0.25, -0.2) is 8.78 Å². The average Bonchev–Trinajstić information content (AvgIpc) is 2.14. The monoisotopic (exact) mass is 199 g/mol. The van der Waals surface area contributed by atoms with Crippen LogP contribution >= 0.6 is 0 Å². The fourth-order valence-electron chi connectivity index (χ4n) is 1.31. The fourth-order valence-corrected chi connectivity index (χ4v) is 1.31. The van der Waals surface area contributed by atoms with Gasteiger partial charge in [-0.15, -0.1) is 0 Å². The number of hydrogen-bond acceptors (Lipinski definition) is 1. The molecule has 0 saturated heterocycles. The first-order valence-corrected chi connectivity index (χ1v) is 4.71. The van der Waals surface area contributed by atoms with Crippen LogP contribution in [0.5, 0.6) is 0 Å². The van der Waals surface area contributed by atoms with E-state index in [1.54, 1.807) is 12.1 Å². The predicted octanol–water partition coefficient (Wildman–Crippen LogP) is 2.69. The van der Waals surface area contributed by atoms with Gasteiger partial charge in [0.2, 0.25) is 0 Å². The lowest BCUT2D eigenvalue weighted by Crippen LogP contribution is -2.07. The highest BCUT2D eigenvalue weighted by atomic mass is 19.3. The van der Waals surface area contributed by atoms with Gasteiger partial charge in [-0.3, -0.25) is 0 Å². The maximum atomic E-state index is 12.9. The first-order valence-electron chi connectivity index (χ1n) is 4.71. The van der Waals surface area contributed by atoms with Crippen molar-refractivity contribution >= 4 is 0 Å². The third-order valence-corrected chi connectivity index (χ3v) is 2.10. The Labute approximate surface area is 82.9 Å². The first kappa shape index (κ1) is 11.1. The lowest BCUT2D eigenvalue weighted by molar-refractivity contribution is 0.0174. The minimum Gasteiger partial charge on any atom is -0.330 e. The number of alkyl halides is 2. The van der Waals surface area contributed by atoms with Crippen molar-refractivity contribution in [2.75, 3.05) is 6.54 Å². The van der Waals surface area contributed by atoms with E-state index in [0.717, 1.165) is 25.3 Å². The molecule has 0 heterocycles. The Morgan fingerprint density at radius 3 is 2.64 bits per heavy atom. The van der Waals surface area contributed by atoms with Crippen LogP contribution in [0, 0.1) is 0 Å². The smallest absolute Gasteiger partial charge is 0.270 e. The summed E-state index contributed by atoms with van der Waals surface area (Å²) in [5.41, 5.74) is 6.35. The van der Waals surface area contributed by atoms with E-state index in [-0.39, 0.29) is 5.56 Å². The van der Waals surface area contributed by atoms with Crippen LogP contribution in [0.3, 0.4) is 0 Å². The summed E-state index contributed by atoms with van der Waals surface area (Å²) in [6.45, 7) is 1.50. The molecule has 3 heteroatoms. The van der Waals surface area contributed by atoms with E-state index in [1.807, 2.05) is 6.07 Å². The van der Waals surface area contributed by atoms with Crippen molar-refractivity contribution < 1.29 is 8.78 Å². The van der Waals surface area contributed by atoms with Crippen molar-refractivity contribution in [3.05, 3.63) is 35.4 Å². The summed E-state index contributed by atoms with van der Waals surface area (Å²) in [6, 6.07) is 6.52. The molecule has 2 N–H and O–H groups in total. The molecular weight excluding hydrogens is 184 g/mol. The Kier molecular flexibility index (Phi) is 3.58. The zero-order chi connectivity index (χ0) is 10.6. The van der Waals surface area contributed by atoms with E-state index < -0.39 is 5.92 Å². The summed E-state index contributed by atoms with van der Waals surface area (Å²) in [5, 5.41) is 0. The average molecular weight is 199 g/mol. The van der Waals surface area contributed by atoms with Crippen molar-refractivity contribution in [1.29, 1.82) is 0 Å². The summed E-state index contributed by atoms with van der Waals surface area (Å²) in [6.07, 6.45) is 1.60. The van der Waals surface area contributed by atoms with Crippen LogP contribution in [0.2, 0.25) is 0 Å². The molecule has 14 heavy (non-hydrogen) atoms. The number of benzene rings is 1. The highest BCUT2D eigenvalue weighted by Crippen LogP contribution is 2.27. The maximum Gasteiger partial charge on any atom is 0.270 e. The second kappa shape index (κ2) is 4.51. The summed E-state index contributed by atoms with van der Waals surface area (Å²) >= 11 is 0. The van der Waals surface area contributed by atoms with Gasteiger partial charge in [0, 0.05) is 12.5 Å². The van der Waals surface area contributed by atoms with Gasteiger partial charge in [0.05, 0.1) is 0 Å². The highest BCUT2D eigenvalue weighted by molar-refractivity contribution is 5.26. The Bertz CT molecular complexity index is 292. The molecule has 0 aliphatic carbocycles. The minimum absolute atomic E-state index is 0.0759. The number of hydrogen-bond donors (Lipinski definition) is 1. The molecule has 0 aliphatic rings. The van der Waals surface area contributed by atoms with Crippen LogP contribution in [0.25, 0.3) is 0 Å². The van der Waals surface area contributed by atoms with Crippen LogP contribution in [-0.2, 0) is 12.3 Å². The molecule has 0 bridgehead atoms. The zero-order valence-corrected chi connectivity index (χ0v) is 8.26. The maximum absolute atomic E-state index is 12.9. The minimum atomic E-state index is -2.75.